The van der Waals surface area contributed by atoms with Crippen molar-refractivity contribution in [3.8, 4) is 0 Å². The van der Waals surface area contributed by atoms with Crippen LogP contribution in [0.2, 0.25) is 0 Å². The number of likely N-dealkylation sites (tertiary alicyclic amines) is 1. The fourth-order valence-corrected chi connectivity index (χ4v) is 3.34. The fourth-order valence-electron chi connectivity index (χ4n) is 2.72. The van der Waals surface area contributed by atoms with Crippen molar-refractivity contribution < 1.29 is 14.7 Å². The third-order valence-electron chi connectivity index (χ3n) is 4.13. The van der Waals surface area contributed by atoms with Crippen molar-refractivity contribution in [2.75, 3.05) is 13.1 Å². The van der Waals surface area contributed by atoms with Gasteiger partial charge < -0.3 is 15.0 Å². The number of benzene rings is 1. The average molecular weight is 351 g/mol. The van der Waals surface area contributed by atoms with E-state index in [0.717, 1.165) is 15.4 Å². The smallest absolute Gasteiger partial charge is 0.311 e. The zero-order valence-corrected chi connectivity index (χ0v) is 13.1. The number of aromatic amines is 1. The molecule has 1 aliphatic heterocycles. The van der Waals surface area contributed by atoms with E-state index in [2.05, 4.69) is 20.9 Å². The molecule has 2 aromatic rings. The minimum atomic E-state index is -0.853. The first kappa shape index (κ1) is 14.1. The Morgan fingerprint density at radius 1 is 1.38 bits per heavy atom. The van der Waals surface area contributed by atoms with Crippen molar-refractivity contribution in [1.29, 1.82) is 0 Å². The van der Waals surface area contributed by atoms with E-state index in [9.17, 15) is 14.7 Å². The highest BCUT2D eigenvalue weighted by Crippen LogP contribution is 2.33. The maximum Gasteiger partial charge on any atom is 0.311 e. The topological polar surface area (TPSA) is 73.4 Å². The van der Waals surface area contributed by atoms with Crippen LogP contribution in [0.5, 0.6) is 0 Å². The number of nitrogens with one attached hydrogen (secondary N) is 1. The second kappa shape index (κ2) is 4.87. The highest BCUT2D eigenvalue weighted by molar-refractivity contribution is 9.10. The van der Waals surface area contributed by atoms with Gasteiger partial charge in [-0.15, -0.1) is 0 Å². The maximum absolute atomic E-state index is 12.6. The molecule has 2 heterocycles. The quantitative estimate of drug-likeness (QED) is 0.874. The van der Waals surface area contributed by atoms with Crippen molar-refractivity contribution in [1.82, 2.24) is 9.88 Å². The third-order valence-corrected chi connectivity index (χ3v) is 4.96. The number of fused-ring (bicyclic) bond motifs is 1. The predicted octanol–water partition coefficient (Wildman–Crippen LogP) is 2.87. The molecule has 0 radical (unpaired) electrons. The van der Waals surface area contributed by atoms with Gasteiger partial charge in [0.15, 0.2) is 0 Å². The molecule has 5 nitrogen and oxygen atoms in total. The Bertz CT molecular complexity index is 740. The molecule has 110 valence electrons. The number of aliphatic carboxylic acids is 1. The molecule has 1 atom stereocenters. The number of hydrogen-bond acceptors (Lipinski definition) is 2. The SMILES string of the molecule is C[C@]1(C(=O)O)CCN(C(=O)c2[nH]c3ccccc3c2Br)C1. The molecule has 0 aliphatic carbocycles. The van der Waals surface area contributed by atoms with Gasteiger partial charge in [0.1, 0.15) is 5.69 Å². The summed E-state index contributed by atoms with van der Waals surface area (Å²) in [6, 6.07) is 7.64. The fraction of sp³-hybridized carbons (Fsp3) is 0.333. The van der Waals surface area contributed by atoms with Crippen molar-refractivity contribution in [2.45, 2.75) is 13.3 Å². The lowest BCUT2D eigenvalue weighted by atomic mass is 9.90. The van der Waals surface area contributed by atoms with E-state index in [1.54, 1.807) is 11.8 Å². The molecule has 0 unspecified atom stereocenters. The number of nitrogens with zero attached hydrogens (tertiary/aromatic N) is 1. The molecule has 6 heteroatoms. The van der Waals surface area contributed by atoms with Gasteiger partial charge in [0.25, 0.3) is 5.91 Å². The molecule has 1 fully saturated rings. The van der Waals surface area contributed by atoms with Crippen LogP contribution in [0.1, 0.15) is 23.8 Å². The Hall–Kier alpha value is -1.82. The highest BCUT2D eigenvalue weighted by atomic mass is 79.9. The number of carboxylic acid groups (broad SMARTS) is 1. The van der Waals surface area contributed by atoms with E-state index in [0.29, 0.717) is 18.7 Å². The standard InChI is InChI=1S/C15H15BrN2O3/c1-15(14(20)21)6-7-18(8-15)13(19)12-11(16)9-4-2-3-5-10(9)17-12/h2-5,17H,6-8H2,1H3,(H,20,21)/t15-/m0/s1. The molecule has 2 N–H and O–H groups in total. The zero-order chi connectivity index (χ0) is 15.2. The van der Waals surface area contributed by atoms with Gasteiger partial charge in [-0.2, -0.15) is 0 Å². The monoisotopic (exact) mass is 350 g/mol. The maximum atomic E-state index is 12.6. The van der Waals surface area contributed by atoms with Gasteiger partial charge in [-0.05, 0) is 35.3 Å². The average Bonchev–Trinajstić information content (AvgIpc) is 3.01. The summed E-state index contributed by atoms with van der Waals surface area (Å²) < 4.78 is 0.729. The number of H-pyrrole nitrogens is 1. The highest BCUT2D eigenvalue weighted by Gasteiger charge is 2.42. The molecule has 3 rings (SSSR count). The van der Waals surface area contributed by atoms with Crippen LogP contribution in [-0.2, 0) is 4.79 Å². The van der Waals surface area contributed by atoms with Gasteiger partial charge in [-0.25, -0.2) is 0 Å². The molecular formula is C15H15BrN2O3. The van der Waals surface area contributed by atoms with Crippen LogP contribution < -0.4 is 0 Å². The number of para-hydroxylation sites is 1. The van der Waals surface area contributed by atoms with E-state index in [-0.39, 0.29) is 12.5 Å². The summed E-state index contributed by atoms with van der Waals surface area (Å²) in [7, 11) is 0. The third kappa shape index (κ3) is 2.23. The Morgan fingerprint density at radius 3 is 2.71 bits per heavy atom. The van der Waals surface area contributed by atoms with Crippen LogP contribution >= 0.6 is 15.9 Å². The molecule has 0 spiro atoms. The molecular weight excluding hydrogens is 336 g/mol. The first-order chi connectivity index (χ1) is 9.92. The van der Waals surface area contributed by atoms with Crippen LogP contribution in [0, 0.1) is 5.41 Å². The number of amides is 1. The van der Waals surface area contributed by atoms with E-state index in [4.69, 9.17) is 0 Å². The zero-order valence-electron chi connectivity index (χ0n) is 11.5. The van der Waals surface area contributed by atoms with E-state index >= 15 is 0 Å². The summed E-state index contributed by atoms with van der Waals surface area (Å²) in [5.41, 5.74) is 0.507. The first-order valence-electron chi connectivity index (χ1n) is 6.71. The number of carbonyl (C=O) groups excluding carboxylic acids is 1. The normalized spacial score (nSPS) is 21.9. The Balaban J connectivity index is 1.92. The van der Waals surface area contributed by atoms with Gasteiger partial charge in [-0.1, -0.05) is 18.2 Å². The molecule has 1 aliphatic rings. The number of rotatable bonds is 2. The summed E-state index contributed by atoms with van der Waals surface area (Å²) in [4.78, 5) is 28.6. The summed E-state index contributed by atoms with van der Waals surface area (Å²) in [5.74, 6) is -1.02. The number of carbonyl (C=O) groups is 2. The minimum Gasteiger partial charge on any atom is -0.481 e. The molecule has 1 amide bonds. The number of carboxylic acids is 1. The Morgan fingerprint density at radius 2 is 2.10 bits per heavy atom. The Kier molecular flexibility index (Phi) is 3.28. The largest absolute Gasteiger partial charge is 0.481 e. The van der Waals surface area contributed by atoms with Gasteiger partial charge in [0.2, 0.25) is 0 Å². The molecule has 1 aromatic carbocycles. The second-order valence-corrected chi connectivity index (χ2v) is 6.50. The number of hydrogen-bond donors (Lipinski definition) is 2. The molecule has 0 saturated carbocycles. The van der Waals surface area contributed by atoms with Crippen molar-refractivity contribution in [2.24, 2.45) is 5.41 Å². The van der Waals surface area contributed by atoms with E-state index < -0.39 is 11.4 Å². The molecule has 21 heavy (non-hydrogen) atoms. The first-order valence-corrected chi connectivity index (χ1v) is 7.50. The summed E-state index contributed by atoms with van der Waals surface area (Å²) in [6.45, 7) is 2.38. The minimum absolute atomic E-state index is 0.164. The van der Waals surface area contributed by atoms with Crippen LogP contribution in [0.3, 0.4) is 0 Å². The van der Waals surface area contributed by atoms with Gasteiger partial charge in [-0.3, -0.25) is 9.59 Å². The van der Waals surface area contributed by atoms with Crippen LogP contribution in [0.25, 0.3) is 10.9 Å². The van der Waals surface area contributed by atoms with Crippen LogP contribution in [0.4, 0.5) is 0 Å². The molecule has 1 aromatic heterocycles. The van der Waals surface area contributed by atoms with Crippen LogP contribution in [-0.4, -0.2) is 40.0 Å². The summed E-state index contributed by atoms with van der Waals surface area (Å²) in [5, 5.41) is 10.2. The Labute approximate surface area is 130 Å². The predicted molar refractivity (Wildman–Crippen MR) is 82.3 cm³/mol. The van der Waals surface area contributed by atoms with Crippen molar-refractivity contribution in [3.05, 3.63) is 34.4 Å². The van der Waals surface area contributed by atoms with Gasteiger partial charge in [0.05, 0.1) is 9.89 Å². The lowest BCUT2D eigenvalue weighted by molar-refractivity contribution is -0.147. The number of aromatic nitrogens is 1. The van der Waals surface area contributed by atoms with E-state index in [1.807, 2.05) is 24.3 Å². The van der Waals surface area contributed by atoms with Gasteiger partial charge in [0, 0.05) is 24.0 Å². The van der Waals surface area contributed by atoms with E-state index in [1.165, 1.54) is 0 Å². The summed E-state index contributed by atoms with van der Waals surface area (Å²) in [6.07, 6.45) is 0.478. The van der Waals surface area contributed by atoms with Gasteiger partial charge >= 0.3 is 5.97 Å². The molecule has 0 bridgehead atoms. The van der Waals surface area contributed by atoms with Crippen molar-refractivity contribution in [3.63, 3.8) is 0 Å². The van der Waals surface area contributed by atoms with Crippen molar-refractivity contribution >= 4 is 38.7 Å². The number of halogens is 1. The molecule has 1 saturated heterocycles. The lowest BCUT2D eigenvalue weighted by Gasteiger charge is -2.19. The summed E-state index contributed by atoms with van der Waals surface area (Å²) >= 11 is 3.46. The lowest BCUT2D eigenvalue weighted by Crippen LogP contribution is -2.35. The van der Waals surface area contributed by atoms with Crippen LogP contribution in [0.15, 0.2) is 28.7 Å². The second-order valence-electron chi connectivity index (χ2n) is 5.70.